The largest absolute Gasteiger partial charge is 0.378 e. The van der Waals surface area contributed by atoms with E-state index in [1.165, 1.54) is 25.7 Å². The van der Waals surface area contributed by atoms with Gasteiger partial charge < -0.3 is 20.3 Å². The van der Waals surface area contributed by atoms with E-state index in [0.717, 1.165) is 37.2 Å². The third-order valence-electron chi connectivity index (χ3n) is 6.52. The number of aliphatic imine (C=N–C) groups is 1. The number of rotatable bonds is 4. The van der Waals surface area contributed by atoms with Crippen LogP contribution in [0.5, 0.6) is 0 Å². The van der Waals surface area contributed by atoms with Crippen LogP contribution in [-0.2, 0) is 9.53 Å². The molecule has 2 bridgehead atoms. The van der Waals surface area contributed by atoms with Gasteiger partial charge in [0, 0.05) is 32.8 Å². The van der Waals surface area contributed by atoms with Crippen LogP contribution in [0.3, 0.4) is 0 Å². The molecule has 0 aromatic heterocycles. The maximum absolute atomic E-state index is 12.0. The van der Waals surface area contributed by atoms with Gasteiger partial charge in [-0.1, -0.05) is 27.2 Å². The predicted octanol–water partition coefficient (Wildman–Crippen LogP) is 3.01. The molecule has 0 aromatic rings. The van der Waals surface area contributed by atoms with Gasteiger partial charge >= 0.3 is 0 Å². The topological polar surface area (TPSA) is 66.0 Å². The van der Waals surface area contributed by atoms with E-state index >= 15 is 0 Å². The summed E-state index contributed by atoms with van der Waals surface area (Å²) < 4.78 is 6.00. The van der Waals surface area contributed by atoms with Gasteiger partial charge in [-0.05, 0) is 49.4 Å². The Bertz CT molecular complexity index is 561. The number of nitrogens with one attached hydrogen (secondary N) is 2. The van der Waals surface area contributed by atoms with Crippen molar-refractivity contribution in [1.82, 2.24) is 15.5 Å². The summed E-state index contributed by atoms with van der Waals surface area (Å²) in [6.45, 7) is 7.67. The van der Waals surface area contributed by atoms with E-state index < -0.39 is 0 Å². The predicted molar refractivity (Wildman–Crippen MR) is 124 cm³/mol. The van der Waals surface area contributed by atoms with Gasteiger partial charge in [0.1, 0.15) is 6.54 Å². The smallest absolute Gasteiger partial charge is 0.243 e. The lowest BCUT2D eigenvalue weighted by atomic mass is 9.83. The van der Waals surface area contributed by atoms with Crippen LogP contribution in [0.4, 0.5) is 0 Å². The lowest BCUT2D eigenvalue weighted by Crippen LogP contribution is -2.52. The molecule has 2 aliphatic carbocycles. The highest BCUT2D eigenvalue weighted by Crippen LogP contribution is 2.44. The minimum atomic E-state index is 0. The highest BCUT2D eigenvalue weighted by molar-refractivity contribution is 14.0. The average Bonchev–Trinajstić information content (AvgIpc) is 3.21. The van der Waals surface area contributed by atoms with Crippen LogP contribution < -0.4 is 10.6 Å². The molecule has 3 aliphatic rings. The molecule has 1 aliphatic heterocycles. The standard InChI is InChI=1S/C21H38N4O2.HI/c1-21(2,3)18-12-16(8-9-27-18)23-20(22-13-19(26)25(4)5)24-17-11-14-6-7-15(17)10-14;/h14-18H,6-13H2,1-5H3,(H2,22,23,24);1H. The Labute approximate surface area is 187 Å². The Morgan fingerprint density at radius 3 is 2.43 bits per heavy atom. The molecular formula is C21H39IN4O2. The average molecular weight is 506 g/mol. The summed E-state index contributed by atoms with van der Waals surface area (Å²) in [5, 5.41) is 7.30. The molecule has 3 fully saturated rings. The molecular weight excluding hydrogens is 467 g/mol. The van der Waals surface area contributed by atoms with E-state index in [-0.39, 0.29) is 47.9 Å². The van der Waals surface area contributed by atoms with Crippen molar-refractivity contribution in [1.29, 1.82) is 0 Å². The maximum atomic E-state index is 12.0. The number of hydrogen-bond acceptors (Lipinski definition) is 3. The van der Waals surface area contributed by atoms with Crippen LogP contribution in [0, 0.1) is 17.3 Å². The molecule has 162 valence electrons. The van der Waals surface area contributed by atoms with Crippen LogP contribution in [0.2, 0.25) is 0 Å². The quantitative estimate of drug-likeness (QED) is 0.350. The third kappa shape index (κ3) is 6.21. The molecule has 0 radical (unpaired) electrons. The van der Waals surface area contributed by atoms with Crippen molar-refractivity contribution in [2.75, 3.05) is 27.2 Å². The van der Waals surface area contributed by atoms with Crippen LogP contribution in [-0.4, -0.2) is 62.2 Å². The molecule has 1 saturated heterocycles. The molecule has 1 heterocycles. The van der Waals surface area contributed by atoms with Gasteiger partial charge in [0.2, 0.25) is 5.91 Å². The number of ether oxygens (including phenoxy) is 1. The van der Waals surface area contributed by atoms with Gasteiger partial charge in [0.15, 0.2) is 5.96 Å². The van der Waals surface area contributed by atoms with Crippen molar-refractivity contribution in [3.63, 3.8) is 0 Å². The zero-order valence-electron chi connectivity index (χ0n) is 18.2. The SMILES string of the molecule is CN(C)C(=O)CN=C(NC1CCOC(C(C)(C)C)C1)NC1CC2CCC1C2.I. The number of amides is 1. The first-order valence-corrected chi connectivity index (χ1v) is 10.6. The van der Waals surface area contributed by atoms with E-state index in [0.29, 0.717) is 12.1 Å². The first-order chi connectivity index (χ1) is 12.7. The van der Waals surface area contributed by atoms with Crippen molar-refractivity contribution in [3.8, 4) is 0 Å². The summed E-state index contributed by atoms with van der Waals surface area (Å²) in [7, 11) is 3.56. The summed E-state index contributed by atoms with van der Waals surface area (Å²) in [6, 6.07) is 0.838. The zero-order valence-corrected chi connectivity index (χ0v) is 20.5. The highest BCUT2D eigenvalue weighted by atomic mass is 127. The second-order valence-electron chi connectivity index (χ2n) is 9.97. The molecule has 2 saturated carbocycles. The third-order valence-corrected chi connectivity index (χ3v) is 6.52. The number of guanidine groups is 1. The van der Waals surface area contributed by atoms with Crippen LogP contribution >= 0.6 is 24.0 Å². The van der Waals surface area contributed by atoms with Crippen LogP contribution in [0.25, 0.3) is 0 Å². The fourth-order valence-electron chi connectivity index (χ4n) is 4.74. The minimum Gasteiger partial charge on any atom is -0.378 e. The number of halogens is 1. The molecule has 0 aromatic carbocycles. The first-order valence-electron chi connectivity index (χ1n) is 10.6. The van der Waals surface area contributed by atoms with E-state index in [1.54, 1.807) is 19.0 Å². The van der Waals surface area contributed by atoms with Gasteiger partial charge in [-0.3, -0.25) is 4.79 Å². The Kier molecular flexibility index (Phi) is 8.43. The Balaban J connectivity index is 0.00000280. The number of carbonyl (C=O) groups is 1. The summed E-state index contributed by atoms with van der Waals surface area (Å²) in [4.78, 5) is 18.3. The molecule has 5 unspecified atom stereocenters. The monoisotopic (exact) mass is 506 g/mol. The Hall–Kier alpha value is -0.570. The van der Waals surface area contributed by atoms with Gasteiger partial charge in [-0.15, -0.1) is 24.0 Å². The summed E-state index contributed by atoms with van der Waals surface area (Å²) in [6.07, 6.45) is 7.51. The minimum absolute atomic E-state index is 0. The van der Waals surface area contributed by atoms with Crippen molar-refractivity contribution < 1.29 is 9.53 Å². The summed E-state index contributed by atoms with van der Waals surface area (Å²) >= 11 is 0. The molecule has 6 nitrogen and oxygen atoms in total. The second-order valence-corrected chi connectivity index (χ2v) is 9.97. The lowest BCUT2D eigenvalue weighted by Gasteiger charge is -2.38. The number of nitrogens with zero attached hydrogens (tertiary/aromatic N) is 2. The summed E-state index contributed by atoms with van der Waals surface area (Å²) in [5.41, 5.74) is 0.135. The van der Waals surface area contributed by atoms with E-state index in [1.807, 2.05) is 0 Å². The second kappa shape index (κ2) is 9.96. The lowest BCUT2D eigenvalue weighted by molar-refractivity contribution is -0.127. The first kappa shape index (κ1) is 23.7. The molecule has 0 spiro atoms. The summed E-state index contributed by atoms with van der Waals surface area (Å²) in [5.74, 6) is 2.49. The fourth-order valence-corrected chi connectivity index (χ4v) is 4.74. The van der Waals surface area contributed by atoms with Gasteiger partial charge in [-0.25, -0.2) is 4.99 Å². The number of carbonyl (C=O) groups excluding carboxylic acids is 1. The van der Waals surface area contributed by atoms with Crippen molar-refractivity contribution in [2.24, 2.45) is 22.2 Å². The Morgan fingerprint density at radius 2 is 1.86 bits per heavy atom. The van der Waals surface area contributed by atoms with Crippen molar-refractivity contribution >= 4 is 35.8 Å². The molecule has 1 amide bonds. The number of fused-ring (bicyclic) bond motifs is 2. The molecule has 2 N–H and O–H groups in total. The van der Waals surface area contributed by atoms with Gasteiger partial charge in [-0.2, -0.15) is 0 Å². The highest BCUT2D eigenvalue weighted by Gasteiger charge is 2.40. The molecule has 7 heteroatoms. The molecule has 3 rings (SSSR count). The van der Waals surface area contributed by atoms with E-state index in [9.17, 15) is 4.79 Å². The maximum Gasteiger partial charge on any atom is 0.243 e. The van der Waals surface area contributed by atoms with Gasteiger partial charge in [0.05, 0.1) is 6.10 Å². The zero-order chi connectivity index (χ0) is 19.6. The van der Waals surface area contributed by atoms with Crippen LogP contribution in [0.1, 0.15) is 59.3 Å². The number of hydrogen-bond donors (Lipinski definition) is 2. The molecule has 5 atom stereocenters. The van der Waals surface area contributed by atoms with Crippen molar-refractivity contribution in [2.45, 2.75) is 77.5 Å². The van der Waals surface area contributed by atoms with Crippen LogP contribution in [0.15, 0.2) is 4.99 Å². The molecule has 28 heavy (non-hydrogen) atoms. The van der Waals surface area contributed by atoms with E-state index in [4.69, 9.17) is 4.74 Å². The normalized spacial score (nSPS) is 32.6. The Morgan fingerprint density at radius 1 is 1.11 bits per heavy atom. The fraction of sp³-hybridized carbons (Fsp3) is 0.905. The van der Waals surface area contributed by atoms with E-state index in [2.05, 4.69) is 36.4 Å². The number of likely N-dealkylation sites (N-methyl/N-ethyl adjacent to an activating group) is 1. The van der Waals surface area contributed by atoms with Gasteiger partial charge in [0.25, 0.3) is 0 Å². The van der Waals surface area contributed by atoms with Crippen molar-refractivity contribution in [3.05, 3.63) is 0 Å².